The number of ether oxygens (including phenoxy) is 2. The molecule has 108 valence electrons. The Kier molecular flexibility index (Phi) is 6.09. The maximum absolute atomic E-state index is 11.4. The lowest BCUT2D eigenvalue weighted by molar-refractivity contribution is -0.139. The van der Waals surface area contributed by atoms with E-state index in [0.29, 0.717) is 5.75 Å². The normalized spacial score (nSPS) is 11.2. The Morgan fingerprint density at radius 3 is 2.85 bits per heavy atom. The Balaban J connectivity index is 2.69. The SMILES string of the molecule is C=CCOC(=O)NC(Cc1cccc(OC)c1)C(=O)O. The van der Waals surface area contributed by atoms with E-state index in [-0.39, 0.29) is 13.0 Å². The van der Waals surface area contributed by atoms with E-state index in [9.17, 15) is 9.59 Å². The zero-order valence-corrected chi connectivity index (χ0v) is 11.2. The van der Waals surface area contributed by atoms with Gasteiger partial charge in [0, 0.05) is 6.42 Å². The summed E-state index contributed by atoms with van der Waals surface area (Å²) in [7, 11) is 1.53. The molecule has 1 aromatic carbocycles. The fourth-order valence-corrected chi connectivity index (χ4v) is 1.55. The zero-order chi connectivity index (χ0) is 15.0. The van der Waals surface area contributed by atoms with Crippen LogP contribution >= 0.6 is 0 Å². The molecule has 1 aromatic rings. The molecule has 6 nitrogen and oxygen atoms in total. The number of amides is 1. The predicted molar refractivity (Wildman–Crippen MR) is 72.8 cm³/mol. The minimum absolute atomic E-state index is 0.0251. The highest BCUT2D eigenvalue weighted by atomic mass is 16.5. The van der Waals surface area contributed by atoms with Crippen molar-refractivity contribution in [3.63, 3.8) is 0 Å². The summed E-state index contributed by atoms with van der Waals surface area (Å²) in [4.78, 5) is 22.5. The molecule has 1 amide bonds. The molecular formula is C14H17NO5. The maximum Gasteiger partial charge on any atom is 0.408 e. The van der Waals surface area contributed by atoms with Crippen molar-refractivity contribution in [2.75, 3.05) is 13.7 Å². The molecule has 0 radical (unpaired) electrons. The van der Waals surface area contributed by atoms with Crippen LogP contribution in [-0.2, 0) is 16.0 Å². The van der Waals surface area contributed by atoms with E-state index < -0.39 is 18.1 Å². The van der Waals surface area contributed by atoms with Gasteiger partial charge in [0.2, 0.25) is 0 Å². The van der Waals surface area contributed by atoms with Gasteiger partial charge in [-0.05, 0) is 17.7 Å². The molecule has 0 fully saturated rings. The second kappa shape index (κ2) is 7.83. The van der Waals surface area contributed by atoms with Gasteiger partial charge in [0.25, 0.3) is 0 Å². The van der Waals surface area contributed by atoms with Crippen molar-refractivity contribution >= 4 is 12.1 Å². The summed E-state index contributed by atoms with van der Waals surface area (Å²) in [6.07, 6.45) is 0.743. The predicted octanol–water partition coefficient (Wildman–Crippen LogP) is 1.60. The smallest absolute Gasteiger partial charge is 0.408 e. The van der Waals surface area contributed by atoms with Crippen LogP contribution in [0.2, 0.25) is 0 Å². The average Bonchev–Trinajstić information content (AvgIpc) is 2.44. The number of benzene rings is 1. The highest BCUT2D eigenvalue weighted by Gasteiger charge is 2.21. The molecule has 0 saturated carbocycles. The largest absolute Gasteiger partial charge is 0.497 e. The Bertz CT molecular complexity index is 486. The molecule has 1 rings (SSSR count). The Labute approximate surface area is 117 Å². The molecule has 1 unspecified atom stereocenters. The van der Waals surface area contributed by atoms with Gasteiger partial charge < -0.3 is 19.9 Å². The van der Waals surface area contributed by atoms with Crippen molar-refractivity contribution in [3.8, 4) is 5.75 Å². The van der Waals surface area contributed by atoms with Gasteiger partial charge in [-0.15, -0.1) is 0 Å². The van der Waals surface area contributed by atoms with Crippen LogP contribution in [0.1, 0.15) is 5.56 Å². The zero-order valence-electron chi connectivity index (χ0n) is 11.2. The van der Waals surface area contributed by atoms with Crippen LogP contribution in [0, 0.1) is 0 Å². The van der Waals surface area contributed by atoms with Gasteiger partial charge in [0.05, 0.1) is 7.11 Å². The van der Waals surface area contributed by atoms with E-state index >= 15 is 0 Å². The third-order valence-electron chi connectivity index (χ3n) is 2.50. The summed E-state index contributed by atoms with van der Waals surface area (Å²) in [5, 5.41) is 11.4. The van der Waals surface area contributed by atoms with Crippen LogP contribution in [0.5, 0.6) is 5.75 Å². The Morgan fingerprint density at radius 2 is 2.25 bits per heavy atom. The quantitative estimate of drug-likeness (QED) is 0.741. The summed E-state index contributed by atoms with van der Waals surface area (Å²) in [6, 6.07) is 5.91. The average molecular weight is 279 g/mol. The summed E-state index contributed by atoms with van der Waals surface area (Å²) < 4.78 is 9.76. The molecule has 0 bridgehead atoms. The number of hydrogen-bond donors (Lipinski definition) is 2. The number of aliphatic carboxylic acids is 1. The summed E-state index contributed by atoms with van der Waals surface area (Å²) >= 11 is 0. The molecule has 0 saturated heterocycles. The Morgan fingerprint density at radius 1 is 1.50 bits per heavy atom. The second-order valence-electron chi connectivity index (χ2n) is 3.98. The van der Waals surface area contributed by atoms with Gasteiger partial charge in [-0.2, -0.15) is 0 Å². The van der Waals surface area contributed by atoms with Crippen LogP contribution in [0.3, 0.4) is 0 Å². The van der Waals surface area contributed by atoms with Gasteiger partial charge in [-0.3, -0.25) is 0 Å². The number of nitrogens with one attached hydrogen (secondary N) is 1. The first-order valence-corrected chi connectivity index (χ1v) is 5.96. The molecule has 2 N–H and O–H groups in total. The molecule has 1 atom stereocenters. The van der Waals surface area contributed by atoms with Gasteiger partial charge in [-0.1, -0.05) is 24.8 Å². The van der Waals surface area contributed by atoms with E-state index in [0.717, 1.165) is 5.56 Å². The van der Waals surface area contributed by atoms with Crippen molar-refractivity contribution in [2.24, 2.45) is 0 Å². The van der Waals surface area contributed by atoms with E-state index in [1.807, 2.05) is 0 Å². The number of carboxylic acid groups (broad SMARTS) is 1. The second-order valence-corrected chi connectivity index (χ2v) is 3.98. The van der Waals surface area contributed by atoms with Crippen LogP contribution in [0.4, 0.5) is 4.79 Å². The van der Waals surface area contributed by atoms with Crippen molar-refractivity contribution in [3.05, 3.63) is 42.5 Å². The molecule has 0 aliphatic carbocycles. The minimum Gasteiger partial charge on any atom is -0.497 e. The highest BCUT2D eigenvalue weighted by Crippen LogP contribution is 2.14. The summed E-state index contributed by atoms with van der Waals surface area (Å²) in [6.45, 7) is 3.42. The monoisotopic (exact) mass is 279 g/mol. The van der Waals surface area contributed by atoms with Crippen LogP contribution in [-0.4, -0.2) is 36.9 Å². The number of hydrogen-bond acceptors (Lipinski definition) is 4. The van der Waals surface area contributed by atoms with Crippen LogP contribution in [0.25, 0.3) is 0 Å². The first-order valence-electron chi connectivity index (χ1n) is 5.96. The van der Waals surface area contributed by atoms with E-state index in [1.165, 1.54) is 13.2 Å². The fourth-order valence-electron chi connectivity index (χ4n) is 1.55. The first kappa shape index (κ1) is 15.6. The molecule has 0 aliphatic heterocycles. The molecule has 0 aliphatic rings. The van der Waals surface area contributed by atoms with Crippen LogP contribution < -0.4 is 10.1 Å². The topological polar surface area (TPSA) is 84.9 Å². The molecule has 20 heavy (non-hydrogen) atoms. The molecule has 0 aromatic heterocycles. The van der Waals surface area contributed by atoms with Gasteiger partial charge in [-0.25, -0.2) is 9.59 Å². The number of carbonyl (C=O) groups excluding carboxylic acids is 1. The number of carbonyl (C=O) groups is 2. The fraction of sp³-hybridized carbons (Fsp3) is 0.286. The minimum atomic E-state index is -1.14. The van der Waals surface area contributed by atoms with E-state index in [2.05, 4.69) is 11.9 Å². The van der Waals surface area contributed by atoms with Crippen molar-refractivity contribution in [2.45, 2.75) is 12.5 Å². The van der Waals surface area contributed by atoms with Crippen molar-refractivity contribution < 1.29 is 24.2 Å². The standard InChI is InChI=1S/C14H17NO5/c1-3-7-20-14(18)15-12(13(16)17)9-10-5-4-6-11(8-10)19-2/h3-6,8,12H,1,7,9H2,2H3,(H,15,18)(H,16,17). The first-order chi connectivity index (χ1) is 9.56. The van der Waals surface area contributed by atoms with Gasteiger partial charge in [0.15, 0.2) is 0 Å². The number of carboxylic acids is 1. The van der Waals surface area contributed by atoms with Crippen molar-refractivity contribution in [1.82, 2.24) is 5.32 Å². The van der Waals surface area contributed by atoms with E-state index in [1.54, 1.807) is 24.3 Å². The molecule has 0 heterocycles. The number of alkyl carbamates (subject to hydrolysis) is 1. The third-order valence-corrected chi connectivity index (χ3v) is 2.50. The summed E-state index contributed by atoms with van der Waals surface area (Å²) in [5.41, 5.74) is 0.737. The molecule has 6 heteroatoms. The number of methoxy groups -OCH3 is 1. The lowest BCUT2D eigenvalue weighted by Crippen LogP contribution is -2.42. The molecule has 0 spiro atoms. The Hall–Kier alpha value is -2.50. The number of rotatable bonds is 7. The maximum atomic E-state index is 11.4. The lowest BCUT2D eigenvalue weighted by Gasteiger charge is -2.14. The van der Waals surface area contributed by atoms with Gasteiger partial charge in [0.1, 0.15) is 18.4 Å². The van der Waals surface area contributed by atoms with Crippen molar-refractivity contribution in [1.29, 1.82) is 0 Å². The third kappa shape index (κ3) is 5.01. The van der Waals surface area contributed by atoms with E-state index in [4.69, 9.17) is 14.6 Å². The molecular weight excluding hydrogens is 262 g/mol. The van der Waals surface area contributed by atoms with Gasteiger partial charge >= 0.3 is 12.1 Å². The summed E-state index contributed by atoms with van der Waals surface area (Å²) in [5.74, 6) is -0.510. The highest BCUT2D eigenvalue weighted by molar-refractivity contribution is 5.80. The van der Waals surface area contributed by atoms with Crippen LogP contribution in [0.15, 0.2) is 36.9 Å². The lowest BCUT2D eigenvalue weighted by atomic mass is 10.1.